The summed E-state index contributed by atoms with van der Waals surface area (Å²) in [5.74, 6) is -0.403. The van der Waals surface area contributed by atoms with Crippen LogP contribution in [0.15, 0.2) is 12.1 Å². The predicted octanol–water partition coefficient (Wildman–Crippen LogP) is 1.81. The van der Waals surface area contributed by atoms with E-state index in [1.54, 1.807) is 0 Å². The number of nitrogens with one attached hydrogen (secondary N) is 2. The Morgan fingerprint density at radius 1 is 1.12 bits per heavy atom. The van der Waals surface area contributed by atoms with E-state index in [1.807, 2.05) is 46.8 Å². The molecule has 2 N–H and O–H groups in total. The van der Waals surface area contributed by atoms with Crippen molar-refractivity contribution in [3.63, 3.8) is 0 Å². The Bertz CT molecular complexity index is 692. The van der Waals surface area contributed by atoms with Gasteiger partial charge in [0.1, 0.15) is 6.54 Å². The summed E-state index contributed by atoms with van der Waals surface area (Å²) in [6.45, 7) is 10.4. The number of carbonyl (C=O) groups excluding carboxylic acids is 3. The van der Waals surface area contributed by atoms with E-state index in [0.717, 1.165) is 22.4 Å². The molecule has 1 saturated heterocycles. The summed E-state index contributed by atoms with van der Waals surface area (Å²) in [5, 5.41) is 5.68. The number of amides is 4. The largest absolute Gasteiger partial charge is 0.352 e. The highest BCUT2D eigenvalue weighted by Gasteiger charge is 2.28. The van der Waals surface area contributed by atoms with Gasteiger partial charge in [-0.1, -0.05) is 17.7 Å². The number of aryl methyl sites for hydroxylation is 3. The van der Waals surface area contributed by atoms with Crippen molar-refractivity contribution in [2.45, 2.75) is 40.7 Å². The maximum atomic E-state index is 12.5. The fourth-order valence-corrected chi connectivity index (χ4v) is 3.15. The molecule has 0 spiro atoms. The molecule has 2 rings (SSSR count). The van der Waals surface area contributed by atoms with Crippen LogP contribution in [0.3, 0.4) is 0 Å². The highest BCUT2D eigenvalue weighted by molar-refractivity contribution is 5.95. The van der Waals surface area contributed by atoms with Crippen LogP contribution < -0.4 is 10.6 Å². The fourth-order valence-electron chi connectivity index (χ4n) is 3.15. The molecule has 0 unspecified atom stereocenters. The van der Waals surface area contributed by atoms with Crippen molar-refractivity contribution in [3.8, 4) is 0 Å². The monoisotopic (exact) mass is 360 g/mol. The van der Waals surface area contributed by atoms with Crippen LogP contribution in [0, 0.1) is 20.8 Å². The van der Waals surface area contributed by atoms with Crippen molar-refractivity contribution < 1.29 is 14.4 Å². The third kappa shape index (κ3) is 4.97. The zero-order valence-electron chi connectivity index (χ0n) is 16.2. The molecule has 0 aromatic heterocycles. The van der Waals surface area contributed by atoms with Crippen LogP contribution in [0.25, 0.3) is 0 Å². The molecule has 0 radical (unpaired) electrons. The average Bonchev–Trinajstić information content (AvgIpc) is 2.51. The molecule has 1 aliphatic heterocycles. The van der Waals surface area contributed by atoms with Gasteiger partial charge in [0.25, 0.3) is 0 Å². The lowest BCUT2D eigenvalue weighted by molar-refractivity contribution is -0.139. The van der Waals surface area contributed by atoms with E-state index in [-0.39, 0.29) is 37.0 Å². The summed E-state index contributed by atoms with van der Waals surface area (Å²) >= 11 is 0. The minimum Gasteiger partial charge on any atom is -0.352 e. The van der Waals surface area contributed by atoms with Crippen molar-refractivity contribution >= 4 is 23.5 Å². The summed E-state index contributed by atoms with van der Waals surface area (Å²) in [7, 11) is 0. The van der Waals surface area contributed by atoms with E-state index in [0.29, 0.717) is 13.1 Å². The van der Waals surface area contributed by atoms with Gasteiger partial charge in [0.15, 0.2) is 0 Å². The average molecular weight is 360 g/mol. The van der Waals surface area contributed by atoms with E-state index >= 15 is 0 Å². The van der Waals surface area contributed by atoms with Gasteiger partial charge in [-0.2, -0.15) is 0 Å². The van der Waals surface area contributed by atoms with Crippen molar-refractivity contribution in [2.24, 2.45) is 0 Å². The topological polar surface area (TPSA) is 81.8 Å². The first-order valence-electron chi connectivity index (χ1n) is 8.88. The standard InChI is InChI=1S/C19H28N4O3/c1-12(2)20-16(24)10-22-6-7-23(11-17(22)25)19(26)21-18-14(4)8-13(3)9-15(18)5/h8-9,12H,6-7,10-11H2,1-5H3,(H,20,24)(H,21,26). The van der Waals surface area contributed by atoms with Gasteiger partial charge in [-0.25, -0.2) is 4.79 Å². The van der Waals surface area contributed by atoms with Gasteiger partial charge >= 0.3 is 6.03 Å². The minimum atomic E-state index is -0.292. The Morgan fingerprint density at radius 3 is 2.27 bits per heavy atom. The maximum absolute atomic E-state index is 12.5. The molecule has 1 aromatic rings. The molecular weight excluding hydrogens is 332 g/mol. The highest BCUT2D eigenvalue weighted by atomic mass is 16.2. The fraction of sp³-hybridized carbons (Fsp3) is 0.526. The second-order valence-corrected chi connectivity index (χ2v) is 7.16. The molecule has 142 valence electrons. The molecule has 0 saturated carbocycles. The van der Waals surface area contributed by atoms with Crippen molar-refractivity contribution in [1.29, 1.82) is 0 Å². The molecule has 0 aliphatic carbocycles. The lowest BCUT2D eigenvalue weighted by atomic mass is 10.1. The molecule has 7 nitrogen and oxygen atoms in total. The van der Waals surface area contributed by atoms with Crippen LogP contribution in [0.5, 0.6) is 0 Å². The summed E-state index contributed by atoms with van der Waals surface area (Å²) in [4.78, 5) is 39.6. The number of hydrogen-bond acceptors (Lipinski definition) is 3. The predicted molar refractivity (Wildman–Crippen MR) is 101 cm³/mol. The lowest BCUT2D eigenvalue weighted by Crippen LogP contribution is -2.55. The van der Waals surface area contributed by atoms with Gasteiger partial charge in [-0.15, -0.1) is 0 Å². The third-order valence-electron chi connectivity index (χ3n) is 4.30. The molecule has 1 aromatic carbocycles. The summed E-state index contributed by atoms with van der Waals surface area (Å²) in [6.07, 6.45) is 0. The van der Waals surface area contributed by atoms with Crippen LogP contribution >= 0.6 is 0 Å². The first kappa shape index (κ1) is 19.8. The number of anilines is 1. The quantitative estimate of drug-likeness (QED) is 0.859. The van der Waals surface area contributed by atoms with Crippen LogP contribution in [0.2, 0.25) is 0 Å². The van der Waals surface area contributed by atoms with E-state index in [2.05, 4.69) is 10.6 Å². The maximum Gasteiger partial charge on any atom is 0.322 e. The zero-order chi connectivity index (χ0) is 19.4. The van der Waals surface area contributed by atoms with E-state index < -0.39 is 0 Å². The van der Waals surface area contributed by atoms with Gasteiger partial charge in [0.05, 0.1) is 6.54 Å². The van der Waals surface area contributed by atoms with Crippen molar-refractivity contribution in [3.05, 3.63) is 28.8 Å². The van der Waals surface area contributed by atoms with Crippen LogP contribution in [0.1, 0.15) is 30.5 Å². The van der Waals surface area contributed by atoms with Crippen molar-refractivity contribution in [1.82, 2.24) is 15.1 Å². The van der Waals surface area contributed by atoms with Crippen LogP contribution in [-0.4, -0.2) is 59.9 Å². The number of piperazine rings is 1. The third-order valence-corrected chi connectivity index (χ3v) is 4.30. The smallest absolute Gasteiger partial charge is 0.322 e. The van der Waals surface area contributed by atoms with Gasteiger partial charge in [0, 0.05) is 24.8 Å². The number of rotatable bonds is 4. The second kappa shape index (κ2) is 8.21. The van der Waals surface area contributed by atoms with E-state index in [9.17, 15) is 14.4 Å². The highest BCUT2D eigenvalue weighted by Crippen LogP contribution is 2.22. The first-order valence-corrected chi connectivity index (χ1v) is 8.88. The lowest BCUT2D eigenvalue weighted by Gasteiger charge is -2.34. The number of nitrogens with zero attached hydrogens (tertiary/aromatic N) is 2. The Morgan fingerprint density at radius 2 is 1.73 bits per heavy atom. The normalized spacial score (nSPS) is 14.6. The van der Waals surface area contributed by atoms with E-state index in [1.165, 1.54) is 9.80 Å². The summed E-state index contributed by atoms with van der Waals surface area (Å²) < 4.78 is 0. The molecule has 1 aliphatic rings. The van der Waals surface area contributed by atoms with Gasteiger partial charge in [0.2, 0.25) is 11.8 Å². The molecule has 7 heteroatoms. The number of benzene rings is 1. The molecule has 4 amide bonds. The van der Waals surface area contributed by atoms with E-state index in [4.69, 9.17) is 0 Å². The van der Waals surface area contributed by atoms with Crippen LogP contribution in [0.4, 0.5) is 10.5 Å². The van der Waals surface area contributed by atoms with Gasteiger partial charge in [-0.05, 0) is 45.7 Å². The second-order valence-electron chi connectivity index (χ2n) is 7.16. The molecular formula is C19H28N4O3. The summed E-state index contributed by atoms with van der Waals surface area (Å²) in [6, 6.07) is 3.77. The molecule has 0 atom stereocenters. The molecule has 1 heterocycles. The zero-order valence-corrected chi connectivity index (χ0v) is 16.2. The van der Waals surface area contributed by atoms with Gasteiger partial charge in [-0.3, -0.25) is 9.59 Å². The Hall–Kier alpha value is -2.57. The Kier molecular flexibility index (Phi) is 6.23. The number of hydrogen-bond donors (Lipinski definition) is 2. The number of urea groups is 1. The van der Waals surface area contributed by atoms with Gasteiger partial charge < -0.3 is 20.4 Å². The molecule has 26 heavy (non-hydrogen) atoms. The van der Waals surface area contributed by atoms with Crippen LogP contribution in [-0.2, 0) is 9.59 Å². The first-order chi connectivity index (χ1) is 12.2. The molecule has 1 fully saturated rings. The molecule has 0 bridgehead atoms. The minimum absolute atomic E-state index is 0.0231. The van der Waals surface area contributed by atoms with Crippen molar-refractivity contribution in [2.75, 3.05) is 31.5 Å². The Labute approximate surface area is 154 Å². The SMILES string of the molecule is Cc1cc(C)c(NC(=O)N2CCN(CC(=O)NC(C)C)C(=O)C2)c(C)c1. The number of carbonyl (C=O) groups is 3. The Balaban J connectivity index is 1.95. The summed E-state index contributed by atoms with van der Waals surface area (Å²) in [5.41, 5.74) is 3.91.